The molecule has 0 unspecified atom stereocenters. The van der Waals surface area contributed by atoms with E-state index in [2.05, 4.69) is 10.5 Å². The summed E-state index contributed by atoms with van der Waals surface area (Å²) in [5.74, 6) is -0.685. The van der Waals surface area contributed by atoms with E-state index in [0.29, 0.717) is 22.6 Å². The molecular weight excluding hydrogens is 503 g/mol. The molecule has 1 saturated heterocycles. The normalized spacial score (nSPS) is 17.8. The molecular formula is C27H28F3N3O5. The number of morpholine rings is 1. The second-order valence-electron chi connectivity index (χ2n) is 9.34. The van der Waals surface area contributed by atoms with Crippen molar-refractivity contribution in [3.05, 3.63) is 64.5 Å². The van der Waals surface area contributed by atoms with E-state index in [1.807, 2.05) is 0 Å². The van der Waals surface area contributed by atoms with Crippen molar-refractivity contribution < 1.29 is 36.8 Å². The molecule has 1 amide bonds. The molecule has 1 fully saturated rings. The number of ether oxygens (including phenoxy) is 2. The molecule has 0 aliphatic carbocycles. The van der Waals surface area contributed by atoms with Gasteiger partial charge in [-0.2, -0.15) is 13.2 Å². The summed E-state index contributed by atoms with van der Waals surface area (Å²) in [5.41, 5.74) is 1.11. The Kier molecular flexibility index (Phi) is 7.50. The fourth-order valence-corrected chi connectivity index (χ4v) is 4.65. The molecule has 1 aromatic heterocycles. The number of alkyl halides is 3. The highest BCUT2D eigenvalue weighted by Crippen LogP contribution is 2.35. The van der Waals surface area contributed by atoms with Crippen molar-refractivity contribution in [2.45, 2.75) is 46.1 Å². The highest BCUT2D eigenvalue weighted by molar-refractivity contribution is 5.99. The van der Waals surface area contributed by atoms with Gasteiger partial charge in [0.2, 0.25) is 0 Å². The first-order chi connectivity index (χ1) is 17.9. The van der Waals surface area contributed by atoms with E-state index in [1.54, 1.807) is 45.9 Å². The summed E-state index contributed by atoms with van der Waals surface area (Å²) in [6, 6.07) is 7.87. The van der Waals surface area contributed by atoms with Gasteiger partial charge < -0.3 is 24.2 Å². The molecule has 11 heteroatoms. The van der Waals surface area contributed by atoms with Crippen LogP contribution in [0.1, 0.15) is 51.6 Å². The lowest BCUT2D eigenvalue weighted by atomic mass is 10.00. The monoisotopic (exact) mass is 531 g/mol. The number of anilines is 2. The van der Waals surface area contributed by atoms with Crippen molar-refractivity contribution in [1.29, 1.82) is 0 Å². The summed E-state index contributed by atoms with van der Waals surface area (Å²) in [5, 5.41) is 6.81. The Morgan fingerprint density at radius 1 is 1.08 bits per heavy atom. The summed E-state index contributed by atoms with van der Waals surface area (Å²) >= 11 is 0. The summed E-state index contributed by atoms with van der Waals surface area (Å²) in [4.78, 5) is 27.3. The van der Waals surface area contributed by atoms with Gasteiger partial charge in [-0.15, -0.1) is 0 Å². The van der Waals surface area contributed by atoms with Gasteiger partial charge in [0, 0.05) is 29.9 Å². The van der Waals surface area contributed by atoms with E-state index >= 15 is 0 Å². The zero-order valence-corrected chi connectivity index (χ0v) is 21.6. The van der Waals surface area contributed by atoms with Crippen LogP contribution in [-0.2, 0) is 15.7 Å². The van der Waals surface area contributed by atoms with E-state index < -0.39 is 23.6 Å². The third kappa shape index (κ3) is 5.67. The zero-order valence-electron chi connectivity index (χ0n) is 21.6. The molecule has 1 aliphatic heterocycles. The lowest BCUT2D eigenvalue weighted by Crippen LogP contribution is -2.48. The number of esters is 1. The summed E-state index contributed by atoms with van der Waals surface area (Å²) in [6.07, 6.45) is -5.19. The number of amides is 1. The molecule has 38 heavy (non-hydrogen) atoms. The third-order valence-corrected chi connectivity index (χ3v) is 6.24. The van der Waals surface area contributed by atoms with Gasteiger partial charge in [0.25, 0.3) is 5.91 Å². The lowest BCUT2D eigenvalue weighted by molar-refractivity contribution is -0.137. The van der Waals surface area contributed by atoms with E-state index in [9.17, 15) is 22.8 Å². The molecule has 0 radical (unpaired) electrons. The minimum atomic E-state index is -4.70. The first-order valence-electron chi connectivity index (χ1n) is 12.0. The smallest absolute Gasteiger partial charge is 0.416 e. The van der Waals surface area contributed by atoms with Gasteiger partial charge >= 0.3 is 12.1 Å². The van der Waals surface area contributed by atoms with Crippen LogP contribution in [0.25, 0.3) is 11.1 Å². The van der Waals surface area contributed by atoms with Gasteiger partial charge in [-0.25, -0.2) is 4.79 Å². The summed E-state index contributed by atoms with van der Waals surface area (Å²) in [6.45, 7) is 7.62. The highest BCUT2D eigenvalue weighted by Gasteiger charge is 2.33. The number of halogens is 3. The van der Waals surface area contributed by atoms with Crippen LogP contribution in [0.3, 0.4) is 0 Å². The maximum Gasteiger partial charge on any atom is 0.416 e. The topological polar surface area (TPSA) is 93.9 Å². The molecule has 0 spiro atoms. The second kappa shape index (κ2) is 10.5. The number of hydrogen-bond acceptors (Lipinski definition) is 7. The summed E-state index contributed by atoms with van der Waals surface area (Å²) in [7, 11) is 1.21. The number of benzene rings is 2. The molecule has 2 heterocycles. The Balaban J connectivity index is 1.74. The number of aryl methyl sites for hydroxylation is 2. The van der Waals surface area contributed by atoms with Crippen LogP contribution in [-0.4, -0.2) is 54.3 Å². The molecule has 0 bridgehead atoms. The van der Waals surface area contributed by atoms with Gasteiger partial charge in [0.15, 0.2) is 0 Å². The molecule has 202 valence electrons. The van der Waals surface area contributed by atoms with E-state index in [4.69, 9.17) is 14.0 Å². The van der Waals surface area contributed by atoms with E-state index in [0.717, 1.165) is 12.1 Å². The van der Waals surface area contributed by atoms with Gasteiger partial charge in [0.05, 0.1) is 41.8 Å². The standard InChI is InChI=1S/C27H28F3N3O5/c1-14-12-33(13-15(2)37-14)25(34)19-8-20(27(28,29)30)11-21(9-19)31-23-7-6-18(10-22(23)26(35)36-5)24-16(3)32-38-17(24)4/h6-11,14-15,31H,12-13H2,1-5H3/t14-,15+. The zero-order chi connectivity index (χ0) is 27.8. The maximum absolute atomic E-state index is 13.8. The van der Waals surface area contributed by atoms with Crippen molar-refractivity contribution in [2.24, 2.45) is 0 Å². The molecule has 3 aromatic rings. The molecule has 1 N–H and O–H groups in total. The SMILES string of the molecule is COC(=O)c1cc(-c2c(C)noc2C)ccc1Nc1cc(C(=O)N2C[C@@H](C)O[C@@H](C)C2)cc(C(F)(F)F)c1. The predicted octanol–water partition coefficient (Wildman–Crippen LogP) is 5.76. The van der Waals surface area contributed by atoms with Crippen LogP contribution in [0.4, 0.5) is 24.5 Å². The number of aromatic nitrogens is 1. The first kappa shape index (κ1) is 27.2. The number of carbonyl (C=O) groups excluding carboxylic acids is 2. The highest BCUT2D eigenvalue weighted by atomic mass is 19.4. The molecule has 2 atom stereocenters. The van der Waals surface area contributed by atoms with Crippen molar-refractivity contribution in [2.75, 3.05) is 25.5 Å². The molecule has 4 rings (SSSR count). The second-order valence-corrected chi connectivity index (χ2v) is 9.34. The first-order valence-corrected chi connectivity index (χ1v) is 12.0. The van der Waals surface area contributed by atoms with E-state index in [-0.39, 0.29) is 47.8 Å². The third-order valence-electron chi connectivity index (χ3n) is 6.24. The number of rotatable bonds is 5. The van der Waals surface area contributed by atoms with Gasteiger partial charge in [-0.05, 0) is 63.6 Å². The molecule has 2 aromatic carbocycles. The number of nitrogens with zero attached hydrogens (tertiary/aromatic N) is 2. The van der Waals surface area contributed by atoms with Crippen molar-refractivity contribution >= 4 is 23.3 Å². The fourth-order valence-electron chi connectivity index (χ4n) is 4.65. The van der Waals surface area contributed by atoms with Crippen LogP contribution in [0.15, 0.2) is 40.9 Å². The maximum atomic E-state index is 13.8. The van der Waals surface area contributed by atoms with Crippen LogP contribution in [0, 0.1) is 13.8 Å². The van der Waals surface area contributed by atoms with Crippen molar-refractivity contribution in [3.63, 3.8) is 0 Å². The lowest BCUT2D eigenvalue weighted by Gasteiger charge is -2.35. The Morgan fingerprint density at radius 3 is 2.34 bits per heavy atom. The van der Waals surface area contributed by atoms with Crippen molar-refractivity contribution in [1.82, 2.24) is 10.1 Å². The van der Waals surface area contributed by atoms with E-state index in [1.165, 1.54) is 18.1 Å². The number of nitrogens with one attached hydrogen (secondary N) is 1. The number of methoxy groups -OCH3 is 1. The fraction of sp³-hybridized carbons (Fsp3) is 0.370. The Morgan fingerprint density at radius 2 is 1.76 bits per heavy atom. The average Bonchev–Trinajstić information content (AvgIpc) is 3.19. The quantitative estimate of drug-likeness (QED) is 0.419. The minimum Gasteiger partial charge on any atom is -0.465 e. The van der Waals surface area contributed by atoms with Gasteiger partial charge in [-0.3, -0.25) is 4.79 Å². The van der Waals surface area contributed by atoms with Gasteiger partial charge in [0.1, 0.15) is 5.76 Å². The van der Waals surface area contributed by atoms with Crippen molar-refractivity contribution in [3.8, 4) is 11.1 Å². The number of carbonyl (C=O) groups is 2. The summed E-state index contributed by atoms with van der Waals surface area (Å²) < 4.78 is 57.2. The number of hydrogen-bond donors (Lipinski definition) is 1. The molecule has 1 aliphatic rings. The largest absolute Gasteiger partial charge is 0.465 e. The van der Waals surface area contributed by atoms with Crippen LogP contribution >= 0.6 is 0 Å². The molecule has 0 saturated carbocycles. The predicted molar refractivity (Wildman–Crippen MR) is 133 cm³/mol. The van der Waals surface area contributed by atoms with Gasteiger partial charge in [-0.1, -0.05) is 11.2 Å². The minimum absolute atomic E-state index is 0.00669. The Bertz CT molecular complexity index is 1340. The van der Waals surface area contributed by atoms with Crippen LogP contribution in [0.5, 0.6) is 0 Å². The van der Waals surface area contributed by atoms with Crippen LogP contribution in [0.2, 0.25) is 0 Å². The Labute approximate surface area is 217 Å². The average molecular weight is 532 g/mol. The Hall–Kier alpha value is -3.86. The van der Waals surface area contributed by atoms with Crippen LogP contribution < -0.4 is 5.32 Å². The molecule has 8 nitrogen and oxygen atoms in total.